The Kier molecular flexibility index (Phi) is 17.8. The molecule has 0 saturated carbocycles. The number of aliphatic carboxylic acids is 4. The van der Waals surface area contributed by atoms with Crippen LogP contribution in [-0.2, 0) is 25.7 Å². The second-order valence-electron chi connectivity index (χ2n) is 8.15. The van der Waals surface area contributed by atoms with Crippen molar-refractivity contribution in [1.29, 1.82) is 0 Å². The molecule has 1 aromatic rings. The zero-order chi connectivity index (χ0) is 27.5. The van der Waals surface area contributed by atoms with Crippen molar-refractivity contribution in [2.24, 2.45) is 11.7 Å². The summed E-state index contributed by atoms with van der Waals surface area (Å²) in [7, 11) is 0. The minimum absolute atomic E-state index is 0.296. The van der Waals surface area contributed by atoms with Gasteiger partial charge in [0, 0.05) is 23.7 Å². The highest BCUT2D eigenvalue weighted by Gasteiger charge is 2.22. The molecular weight excluding hydrogens is 496 g/mol. The first-order valence-corrected chi connectivity index (χ1v) is 12.1. The fourth-order valence-corrected chi connectivity index (χ4v) is 3.25. The van der Waals surface area contributed by atoms with Crippen molar-refractivity contribution < 1.29 is 44.3 Å². The van der Waals surface area contributed by atoms with Crippen molar-refractivity contribution in [2.75, 3.05) is 26.2 Å². The van der Waals surface area contributed by atoms with Gasteiger partial charge in [0.15, 0.2) is 0 Å². The summed E-state index contributed by atoms with van der Waals surface area (Å²) >= 11 is 6.13. The van der Waals surface area contributed by atoms with Crippen LogP contribution >= 0.6 is 11.6 Å². The first kappa shape index (κ1) is 33.1. The molecule has 1 fully saturated rings. The summed E-state index contributed by atoms with van der Waals surface area (Å²) < 4.78 is 5.89. The van der Waals surface area contributed by atoms with Gasteiger partial charge in [-0.1, -0.05) is 24.9 Å². The molecule has 1 saturated heterocycles. The van der Waals surface area contributed by atoms with Gasteiger partial charge in [0.2, 0.25) is 0 Å². The fourth-order valence-electron chi connectivity index (χ4n) is 3.06. The molecule has 0 radical (unpaired) electrons. The lowest BCUT2D eigenvalue weighted by Crippen LogP contribution is -2.23. The van der Waals surface area contributed by atoms with E-state index in [1.165, 1.54) is 12.0 Å². The SMILES string of the molecule is CCCCOc1ccc(Cl)cc1CN1CC[C@H](CN)C1.O=C(O)CCC(=O)O.O=C(O)CCC(=O)O. The van der Waals surface area contributed by atoms with Gasteiger partial charge in [0.05, 0.1) is 32.3 Å². The van der Waals surface area contributed by atoms with Crippen molar-refractivity contribution in [3.63, 3.8) is 0 Å². The van der Waals surface area contributed by atoms with E-state index in [4.69, 9.17) is 42.5 Å². The van der Waals surface area contributed by atoms with Crippen LogP contribution in [0.4, 0.5) is 0 Å². The third kappa shape index (κ3) is 17.5. The molecular formula is C24H37ClN2O9. The van der Waals surface area contributed by atoms with Crippen molar-refractivity contribution in [3.05, 3.63) is 28.8 Å². The summed E-state index contributed by atoms with van der Waals surface area (Å²) in [4.78, 5) is 41.0. The average molecular weight is 533 g/mol. The van der Waals surface area contributed by atoms with Crippen LogP contribution < -0.4 is 10.5 Å². The normalized spacial score (nSPS) is 14.6. The van der Waals surface area contributed by atoms with Gasteiger partial charge >= 0.3 is 23.9 Å². The maximum atomic E-state index is 9.64. The summed E-state index contributed by atoms with van der Waals surface area (Å²) in [6.45, 7) is 6.82. The molecule has 0 unspecified atom stereocenters. The van der Waals surface area contributed by atoms with E-state index in [1.807, 2.05) is 18.2 Å². The lowest BCUT2D eigenvalue weighted by atomic mass is 10.1. The molecule has 1 heterocycles. The zero-order valence-electron chi connectivity index (χ0n) is 20.5. The van der Waals surface area contributed by atoms with Crippen LogP contribution in [-0.4, -0.2) is 75.4 Å². The predicted octanol–water partition coefficient (Wildman–Crippen LogP) is 3.17. The van der Waals surface area contributed by atoms with E-state index >= 15 is 0 Å². The maximum absolute atomic E-state index is 9.64. The summed E-state index contributed by atoms with van der Waals surface area (Å²) in [5.74, 6) is -2.70. The molecule has 1 atom stereocenters. The Morgan fingerprint density at radius 1 is 1.00 bits per heavy atom. The van der Waals surface area contributed by atoms with E-state index in [1.54, 1.807) is 0 Å². The van der Waals surface area contributed by atoms with Gasteiger partial charge in [0.25, 0.3) is 0 Å². The van der Waals surface area contributed by atoms with Gasteiger partial charge in [-0.3, -0.25) is 24.1 Å². The molecule has 12 heteroatoms. The summed E-state index contributed by atoms with van der Waals surface area (Å²) in [6, 6.07) is 5.92. The zero-order valence-corrected chi connectivity index (χ0v) is 21.3. The largest absolute Gasteiger partial charge is 0.493 e. The lowest BCUT2D eigenvalue weighted by Gasteiger charge is -2.18. The second-order valence-corrected chi connectivity index (χ2v) is 8.59. The number of unbranched alkanes of at least 4 members (excludes halogenated alkanes) is 1. The van der Waals surface area contributed by atoms with Gasteiger partial charge in [-0.05, 0) is 50.0 Å². The Morgan fingerprint density at radius 2 is 1.53 bits per heavy atom. The number of rotatable bonds is 13. The van der Waals surface area contributed by atoms with Crippen LogP contribution in [0.15, 0.2) is 18.2 Å². The summed E-state index contributed by atoms with van der Waals surface area (Å²) in [5.41, 5.74) is 6.94. The van der Waals surface area contributed by atoms with Crippen LogP contribution in [0.25, 0.3) is 0 Å². The number of carboxylic acids is 4. The summed E-state index contributed by atoms with van der Waals surface area (Å²) in [5, 5.41) is 32.4. The lowest BCUT2D eigenvalue weighted by molar-refractivity contribution is -0.143. The van der Waals surface area contributed by atoms with E-state index in [0.29, 0.717) is 5.92 Å². The molecule has 0 amide bonds. The Labute approximate surface area is 215 Å². The molecule has 36 heavy (non-hydrogen) atoms. The third-order valence-electron chi connectivity index (χ3n) is 4.98. The van der Waals surface area contributed by atoms with E-state index in [9.17, 15) is 19.2 Å². The molecule has 0 aliphatic carbocycles. The fraction of sp³-hybridized carbons (Fsp3) is 0.583. The minimum atomic E-state index is -1.08. The smallest absolute Gasteiger partial charge is 0.303 e. The molecule has 1 aliphatic heterocycles. The first-order chi connectivity index (χ1) is 17.0. The molecule has 1 aromatic carbocycles. The number of hydrogen-bond donors (Lipinski definition) is 5. The highest BCUT2D eigenvalue weighted by atomic mass is 35.5. The number of benzene rings is 1. The average Bonchev–Trinajstić information content (AvgIpc) is 3.26. The number of ether oxygens (including phenoxy) is 1. The van der Waals surface area contributed by atoms with Gasteiger partial charge in [-0.2, -0.15) is 0 Å². The van der Waals surface area contributed by atoms with Crippen molar-refractivity contribution >= 4 is 35.5 Å². The van der Waals surface area contributed by atoms with Crippen LogP contribution in [0.3, 0.4) is 0 Å². The van der Waals surface area contributed by atoms with Crippen molar-refractivity contribution in [3.8, 4) is 5.75 Å². The molecule has 204 valence electrons. The number of nitrogens with two attached hydrogens (primary N) is 1. The third-order valence-corrected chi connectivity index (χ3v) is 5.22. The highest BCUT2D eigenvalue weighted by molar-refractivity contribution is 6.30. The first-order valence-electron chi connectivity index (χ1n) is 11.7. The molecule has 6 N–H and O–H groups in total. The van der Waals surface area contributed by atoms with Gasteiger partial charge in [0.1, 0.15) is 5.75 Å². The highest BCUT2D eigenvalue weighted by Crippen LogP contribution is 2.27. The van der Waals surface area contributed by atoms with Gasteiger partial charge < -0.3 is 30.9 Å². The van der Waals surface area contributed by atoms with E-state index < -0.39 is 23.9 Å². The minimum Gasteiger partial charge on any atom is -0.493 e. The standard InChI is InChI=1S/C16H25ClN2O.2C4H6O4/c1-2-3-8-20-16-5-4-15(17)9-14(16)12-19-7-6-13(10-18)11-19;2*5-3(6)1-2-4(7)8/h4-5,9,13H,2-3,6-8,10-12,18H2,1H3;2*1-2H2,(H,5,6)(H,7,8)/t13-;;/m1../s1. The van der Waals surface area contributed by atoms with E-state index in [-0.39, 0.29) is 25.7 Å². The van der Waals surface area contributed by atoms with Crippen LogP contribution in [0.1, 0.15) is 57.4 Å². The Morgan fingerprint density at radius 3 is 1.94 bits per heavy atom. The van der Waals surface area contributed by atoms with Crippen LogP contribution in [0, 0.1) is 5.92 Å². The molecule has 1 aliphatic rings. The number of halogens is 1. The Hall–Kier alpha value is -2.89. The van der Waals surface area contributed by atoms with Crippen molar-refractivity contribution in [2.45, 2.75) is 58.4 Å². The summed E-state index contributed by atoms with van der Waals surface area (Å²) in [6.07, 6.45) is 2.24. The van der Waals surface area contributed by atoms with E-state index in [0.717, 1.165) is 56.4 Å². The quantitative estimate of drug-likeness (QED) is 0.235. The number of carbonyl (C=O) groups is 4. The second kappa shape index (κ2) is 19.3. The number of nitrogens with zero attached hydrogens (tertiary/aromatic N) is 1. The molecule has 2 rings (SSSR count). The number of hydrogen-bond acceptors (Lipinski definition) is 7. The molecule has 0 bridgehead atoms. The molecule has 0 aromatic heterocycles. The van der Waals surface area contributed by atoms with Crippen molar-refractivity contribution in [1.82, 2.24) is 4.90 Å². The van der Waals surface area contributed by atoms with Crippen LogP contribution in [0.2, 0.25) is 5.02 Å². The van der Waals surface area contributed by atoms with Crippen LogP contribution in [0.5, 0.6) is 5.75 Å². The Balaban J connectivity index is 0.000000634. The number of likely N-dealkylation sites (tertiary alicyclic amines) is 1. The molecule has 0 spiro atoms. The van der Waals surface area contributed by atoms with E-state index in [2.05, 4.69) is 11.8 Å². The maximum Gasteiger partial charge on any atom is 0.303 e. The monoisotopic (exact) mass is 532 g/mol. The van der Waals surface area contributed by atoms with Gasteiger partial charge in [-0.25, -0.2) is 0 Å². The Bertz CT molecular complexity index is 780. The molecule has 11 nitrogen and oxygen atoms in total. The number of carboxylic acid groups (broad SMARTS) is 4. The predicted molar refractivity (Wildman–Crippen MR) is 133 cm³/mol. The van der Waals surface area contributed by atoms with Gasteiger partial charge in [-0.15, -0.1) is 0 Å². The topological polar surface area (TPSA) is 188 Å².